The number of hydrogen-bond donors (Lipinski definition) is 4. The lowest BCUT2D eigenvalue weighted by atomic mass is 10.1. The fourth-order valence-electron chi connectivity index (χ4n) is 1.01. The summed E-state index contributed by atoms with van der Waals surface area (Å²) in [6, 6.07) is 2.87. The second kappa shape index (κ2) is 3.95. The molecule has 7 heteroatoms. The summed E-state index contributed by atoms with van der Waals surface area (Å²) in [5.74, 6) is -2.69. The van der Waals surface area contributed by atoms with Gasteiger partial charge in [0.15, 0.2) is 0 Å². The van der Waals surface area contributed by atoms with Crippen molar-refractivity contribution in [3.63, 3.8) is 0 Å². The van der Waals surface area contributed by atoms with Crippen LogP contribution in [0.1, 0.15) is 20.7 Å². The summed E-state index contributed by atoms with van der Waals surface area (Å²) in [6.07, 6.45) is 0. The fraction of sp³-hybridized carbons (Fsp3) is 0. The van der Waals surface area contributed by atoms with E-state index in [1.165, 1.54) is 0 Å². The van der Waals surface area contributed by atoms with Crippen molar-refractivity contribution in [3.05, 3.63) is 29.3 Å². The van der Waals surface area contributed by atoms with Crippen LogP contribution < -0.4 is 5.23 Å². The Balaban J connectivity index is 3.33. The molecule has 15 heavy (non-hydrogen) atoms. The van der Waals surface area contributed by atoms with Crippen LogP contribution in [0, 0.1) is 0 Å². The van der Waals surface area contributed by atoms with Crippen LogP contribution in [0.4, 0.5) is 5.69 Å². The molecule has 4 N–H and O–H groups in total. The van der Waals surface area contributed by atoms with Gasteiger partial charge in [-0.1, -0.05) is 0 Å². The Bertz CT molecular complexity index is 414. The second-order valence-electron chi connectivity index (χ2n) is 2.63. The van der Waals surface area contributed by atoms with Crippen molar-refractivity contribution in [2.75, 3.05) is 5.23 Å². The molecular weight excluding hydrogens is 206 g/mol. The van der Waals surface area contributed by atoms with Gasteiger partial charge in [-0.05, 0) is 18.2 Å². The molecule has 0 aromatic heterocycles. The van der Waals surface area contributed by atoms with Crippen LogP contribution in [0.3, 0.4) is 0 Å². The van der Waals surface area contributed by atoms with Crippen LogP contribution in [0.5, 0.6) is 0 Å². The molecule has 0 amide bonds. The smallest absolute Gasteiger partial charge is 0.337 e. The van der Waals surface area contributed by atoms with Crippen molar-refractivity contribution in [1.29, 1.82) is 0 Å². The Morgan fingerprint density at radius 3 is 2.07 bits per heavy atom. The number of aromatic carboxylic acids is 2. The van der Waals surface area contributed by atoms with E-state index in [0.717, 1.165) is 18.2 Å². The Morgan fingerprint density at radius 2 is 1.67 bits per heavy atom. The highest BCUT2D eigenvalue weighted by atomic mass is 16.8. The van der Waals surface area contributed by atoms with E-state index in [0.29, 0.717) is 0 Å². The molecule has 0 aliphatic heterocycles. The number of carboxylic acids is 2. The number of carbonyl (C=O) groups is 2. The first-order valence-corrected chi connectivity index (χ1v) is 3.72. The van der Waals surface area contributed by atoms with Crippen molar-refractivity contribution < 1.29 is 30.2 Å². The topological polar surface area (TPSA) is 118 Å². The zero-order chi connectivity index (χ0) is 11.6. The van der Waals surface area contributed by atoms with Gasteiger partial charge in [-0.3, -0.25) is 10.4 Å². The van der Waals surface area contributed by atoms with Crippen LogP contribution in [0.25, 0.3) is 0 Å². The third kappa shape index (κ3) is 2.22. The van der Waals surface area contributed by atoms with Crippen LogP contribution in [0.15, 0.2) is 18.2 Å². The standard InChI is InChI=1S/C8H7NO6/c10-7(11)4-1-2-5(8(12)13)6(3-4)9(14)15/h1-3,14-15H,(H,10,11)(H,12,13). The van der Waals surface area contributed by atoms with E-state index in [4.69, 9.17) is 20.6 Å². The molecule has 1 aromatic carbocycles. The minimum absolute atomic E-state index is 0.247. The van der Waals surface area contributed by atoms with E-state index in [1.54, 1.807) is 0 Å². The third-order valence-electron chi connectivity index (χ3n) is 1.69. The molecule has 0 bridgehead atoms. The van der Waals surface area contributed by atoms with Crippen molar-refractivity contribution in [1.82, 2.24) is 0 Å². The number of hydrogen-bond acceptors (Lipinski definition) is 5. The summed E-state index contributed by atoms with van der Waals surface area (Å²) in [7, 11) is 0. The molecule has 0 aliphatic rings. The van der Waals surface area contributed by atoms with Gasteiger partial charge in [0.2, 0.25) is 0 Å². The molecule has 1 rings (SSSR count). The first-order valence-electron chi connectivity index (χ1n) is 3.72. The molecule has 0 fully saturated rings. The number of anilines is 1. The number of benzene rings is 1. The van der Waals surface area contributed by atoms with E-state index in [1.807, 2.05) is 0 Å². The Kier molecular flexibility index (Phi) is 2.88. The largest absolute Gasteiger partial charge is 0.478 e. The van der Waals surface area contributed by atoms with E-state index in [2.05, 4.69) is 0 Å². The third-order valence-corrected chi connectivity index (χ3v) is 1.69. The number of nitrogens with zero attached hydrogens (tertiary/aromatic N) is 1. The van der Waals surface area contributed by atoms with Gasteiger partial charge in [0.05, 0.1) is 11.1 Å². The zero-order valence-corrected chi connectivity index (χ0v) is 7.28. The minimum Gasteiger partial charge on any atom is -0.478 e. The maximum Gasteiger partial charge on any atom is 0.337 e. The minimum atomic E-state index is -1.39. The van der Waals surface area contributed by atoms with Crippen LogP contribution in [0.2, 0.25) is 0 Å². The fourth-order valence-corrected chi connectivity index (χ4v) is 1.01. The molecule has 0 radical (unpaired) electrons. The van der Waals surface area contributed by atoms with Gasteiger partial charge in [-0.25, -0.2) is 9.59 Å². The van der Waals surface area contributed by atoms with Gasteiger partial charge in [-0.15, -0.1) is 5.23 Å². The predicted octanol–water partition coefficient (Wildman–Crippen LogP) is 0.668. The molecule has 1 aromatic rings. The van der Waals surface area contributed by atoms with E-state index in [9.17, 15) is 9.59 Å². The summed E-state index contributed by atoms with van der Waals surface area (Å²) in [4.78, 5) is 21.1. The van der Waals surface area contributed by atoms with Gasteiger partial charge in [0, 0.05) is 0 Å². The summed E-state index contributed by atoms with van der Waals surface area (Å²) >= 11 is 0. The Morgan fingerprint density at radius 1 is 1.07 bits per heavy atom. The highest BCUT2D eigenvalue weighted by Gasteiger charge is 2.16. The average Bonchev–Trinajstić information content (AvgIpc) is 2.16. The van der Waals surface area contributed by atoms with E-state index in [-0.39, 0.29) is 5.56 Å². The lowest BCUT2D eigenvalue weighted by molar-refractivity contribution is 0.0276. The second-order valence-corrected chi connectivity index (χ2v) is 2.63. The molecular formula is C8H7NO6. The first-order chi connectivity index (χ1) is 6.93. The van der Waals surface area contributed by atoms with Crippen LogP contribution in [-0.4, -0.2) is 32.6 Å². The highest BCUT2D eigenvalue weighted by Crippen LogP contribution is 2.20. The molecule has 0 spiro atoms. The van der Waals surface area contributed by atoms with Crippen LogP contribution >= 0.6 is 0 Å². The van der Waals surface area contributed by atoms with Crippen LogP contribution in [-0.2, 0) is 0 Å². The number of rotatable bonds is 3. The average molecular weight is 213 g/mol. The van der Waals surface area contributed by atoms with E-state index < -0.39 is 28.4 Å². The molecule has 0 atom stereocenters. The molecule has 0 aliphatic carbocycles. The molecule has 80 valence electrons. The molecule has 0 saturated carbocycles. The van der Waals surface area contributed by atoms with Gasteiger partial charge in [-0.2, -0.15) is 0 Å². The van der Waals surface area contributed by atoms with Crippen molar-refractivity contribution in [2.24, 2.45) is 0 Å². The van der Waals surface area contributed by atoms with Gasteiger partial charge in [0.1, 0.15) is 5.69 Å². The van der Waals surface area contributed by atoms with Crippen molar-refractivity contribution in [2.45, 2.75) is 0 Å². The molecule has 0 heterocycles. The lowest BCUT2D eigenvalue weighted by Gasteiger charge is -2.11. The SMILES string of the molecule is O=C(O)c1ccc(C(=O)O)c(N(O)O)c1. The lowest BCUT2D eigenvalue weighted by Crippen LogP contribution is -2.16. The Labute approximate surface area is 83.3 Å². The van der Waals surface area contributed by atoms with Gasteiger partial charge in [0.25, 0.3) is 0 Å². The van der Waals surface area contributed by atoms with Crippen molar-refractivity contribution in [3.8, 4) is 0 Å². The quantitative estimate of drug-likeness (QED) is 0.544. The molecule has 7 nitrogen and oxygen atoms in total. The maximum absolute atomic E-state index is 10.6. The highest BCUT2D eigenvalue weighted by molar-refractivity contribution is 5.97. The predicted molar refractivity (Wildman–Crippen MR) is 46.4 cm³/mol. The summed E-state index contributed by atoms with van der Waals surface area (Å²) in [5.41, 5.74) is -1.17. The van der Waals surface area contributed by atoms with E-state index >= 15 is 0 Å². The number of carboxylic acid groups (broad SMARTS) is 2. The summed E-state index contributed by atoms with van der Waals surface area (Å²) < 4.78 is 0. The Hall–Kier alpha value is -2.12. The maximum atomic E-state index is 10.6. The van der Waals surface area contributed by atoms with Gasteiger partial charge < -0.3 is 10.2 Å². The monoisotopic (exact) mass is 213 g/mol. The summed E-state index contributed by atoms with van der Waals surface area (Å²) in [5, 5.41) is 34.2. The van der Waals surface area contributed by atoms with Crippen molar-refractivity contribution >= 4 is 17.6 Å². The normalized spacial score (nSPS) is 9.73. The first kappa shape index (κ1) is 11.0. The molecule has 0 saturated heterocycles. The molecule has 0 unspecified atom stereocenters. The zero-order valence-electron chi connectivity index (χ0n) is 7.28. The van der Waals surface area contributed by atoms with Gasteiger partial charge >= 0.3 is 11.9 Å². The summed E-state index contributed by atoms with van der Waals surface area (Å²) in [6.45, 7) is 0.